The minimum Gasteiger partial charge on any atom is -0.281 e. The molecular formula is C22H22NP. The van der Waals surface area contributed by atoms with Crippen LogP contribution in [0.5, 0.6) is 0 Å². The van der Waals surface area contributed by atoms with Crippen LogP contribution in [-0.2, 0) is 5.54 Å². The van der Waals surface area contributed by atoms with Gasteiger partial charge in [-0.3, -0.25) is 4.99 Å². The molecule has 2 heteroatoms. The molecule has 3 aromatic rings. The molecule has 0 radical (unpaired) electrons. The third kappa shape index (κ3) is 3.99. The number of nitrogens with zero attached hydrogens (tertiary/aromatic N) is 1. The summed E-state index contributed by atoms with van der Waals surface area (Å²) >= 11 is 0. The Morgan fingerprint density at radius 2 is 1.08 bits per heavy atom. The lowest BCUT2D eigenvalue weighted by molar-refractivity contribution is 0.562. The summed E-state index contributed by atoms with van der Waals surface area (Å²) in [4.78, 5) is 4.98. The van der Waals surface area contributed by atoms with Crippen LogP contribution in [0, 0.1) is 0 Å². The first-order valence-corrected chi connectivity index (χ1v) is 9.58. The molecule has 0 saturated heterocycles. The van der Waals surface area contributed by atoms with Gasteiger partial charge in [0.2, 0.25) is 0 Å². The van der Waals surface area contributed by atoms with Crippen molar-refractivity contribution in [1.29, 1.82) is 0 Å². The monoisotopic (exact) mass is 331 g/mol. The van der Waals surface area contributed by atoms with Crippen molar-refractivity contribution in [2.24, 2.45) is 4.99 Å². The van der Waals surface area contributed by atoms with Gasteiger partial charge in [-0.25, -0.2) is 0 Å². The predicted octanol–water partition coefficient (Wildman–Crippen LogP) is 5.08. The highest BCUT2D eigenvalue weighted by Gasteiger charge is 2.19. The first-order valence-electron chi connectivity index (χ1n) is 8.17. The van der Waals surface area contributed by atoms with E-state index in [0.29, 0.717) is 0 Å². The number of hydrogen-bond acceptors (Lipinski definition) is 1. The van der Waals surface area contributed by atoms with Crippen LogP contribution in [0.4, 0.5) is 0 Å². The molecule has 0 aromatic heterocycles. The molecular weight excluding hydrogens is 309 g/mol. The lowest BCUT2D eigenvalue weighted by Crippen LogP contribution is -2.17. The molecule has 0 aliphatic rings. The Morgan fingerprint density at radius 1 is 0.667 bits per heavy atom. The van der Waals surface area contributed by atoms with E-state index in [-0.39, 0.29) is 5.54 Å². The molecule has 3 aromatic carbocycles. The average Bonchev–Trinajstić information content (AvgIpc) is 2.64. The molecule has 0 heterocycles. The van der Waals surface area contributed by atoms with E-state index in [2.05, 4.69) is 105 Å². The van der Waals surface area contributed by atoms with Crippen LogP contribution in [-0.4, -0.2) is 5.96 Å². The van der Waals surface area contributed by atoms with E-state index < -0.39 is 7.92 Å². The van der Waals surface area contributed by atoms with Gasteiger partial charge >= 0.3 is 0 Å². The maximum atomic E-state index is 4.98. The van der Waals surface area contributed by atoms with Crippen molar-refractivity contribution in [2.75, 3.05) is 0 Å². The number of aliphatic imine (C=N–C) groups is 1. The predicted molar refractivity (Wildman–Crippen MR) is 107 cm³/mol. The van der Waals surface area contributed by atoms with Gasteiger partial charge in [0.25, 0.3) is 0 Å². The molecule has 0 fully saturated rings. The van der Waals surface area contributed by atoms with Crippen molar-refractivity contribution >= 4 is 24.5 Å². The Bertz CT molecular complexity index is 740. The molecule has 3 rings (SSSR count). The van der Waals surface area contributed by atoms with Crippen LogP contribution in [0.1, 0.15) is 19.4 Å². The van der Waals surface area contributed by atoms with Crippen molar-refractivity contribution in [3.05, 3.63) is 96.6 Å². The second-order valence-electron chi connectivity index (χ2n) is 6.21. The number of rotatable bonds is 5. The summed E-state index contributed by atoms with van der Waals surface area (Å²) in [6, 6.07) is 31.8. The SMILES string of the molecule is CC(C)(N=CP(c1ccccc1)c1ccccc1)c1ccccc1. The molecule has 0 aliphatic heterocycles. The van der Waals surface area contributed by atoms with Gasteiger partial charge in [-0.1, -0.05) is 91.0 Å². The van der Waals surface area contributed by atoms with Gasteiger partial charge in [0.15, 0.2) is 0 Å². The van der Waals surface area contributed by atoms with Crippen molar-refractivity contribution in [3.8, 4) is 0 Å². The molecule has 1 nitrogen and oxygen atoms in total. The summed E-state index contributed by atoms with van der Waals surface area (Å²) in [5.74, 6) is 2.16. The van der Waals surface area contributed by atoms with E-state index in [1.807, 2.05) is 6.07 Å². The molecule has 0 atom stereocenters. The third-order valence-electron chi connectivity index (χ3n) is 4.04. The van der Waals surface area contributed by atoms with Gasteiger partial charge in [0, 0.05) is 5.96 Å². The fourth-order valence-electron chi connectivity index (χ4n) is 2.58. The Morgan fingerprint density at radius 3 is 1.54 bits per heavy atom. The van der Waals surface area contributed by atoms with E-state index in [0.717, 1.165) is 0 Å². The van der Waals surface area contributed by atoms with Crippen LogP contribution in [0.2, 0.25) is 0 Å². The first-order chi connectivity index (χ1) is 11.7. The van der Waals surface area contributed by atoms with E-state index >= 15 is 0 Å². The molecule has 0 bridgehead atoms. The minimum absolute atomic E-state index is 0.231. The molecule has 0 unspecified atom stereocenters. The summed E-state index contributed by atoms with van der Waals surface area (Å²) in [7, 11) is -0.597. The summed E-state index contributed by atoms with van der Waals surface area (Å²) in [5, 5.41) is 2.65. The Hall–Kier alpha value is -2.24. The fourth-order valence-corrected chi connectivity index (χ4v) is 4.54. The molecule has 0 saturated carbocycles. The Kier molecular flexibility index (Phi) is 5.23. The van der Waals surface area contributed by atoms with Gasteiger partial charge in [0.1, 0.15) is 0 Å². The van der Waals surface area contributed by atoms with E-state index in [4.69, 9.17) is 4.99 Å². The van der Waals surface area contributed by atoms with Crippen molar-refractivity contribution in [3.63, 3.8) is 0 Å². The lowest BCUT2D eigenvalue weighted by atomic mass is 9.95. The van der Waals surface area contributed by atoms with Crippen molar-refractivity contribution in [1.82, 2.24) is 0 Å². The summed E-state index contributed by atoms with van der Waals surface area (Å²) < 4.78 is 0. The maximum absolute atomic E-state index is 4.98. The highest BCUT2D eigenvalue weighted by atomic mass is 31.1. The van der Waals surface area contributed by atoms with Crippen molar-refractivity contribution < 1.29 is 0 Å². The molecule has 0 amide bonds. The van der Waals surface area contributed by atoms with Gasteiger partial charge in [-0.2, -0.15) is 0 Å². The van der Waals surface area contributed by atoms with E-state index in [1.54, 1.807) is 0 Å². The zero-order valence-electron chi connectivity index (χ0n) is 14.1. The highest BCUT2D eigenvalue weighted by Crippen LogP contribution is 2.33. The smallest absolute Gasteiger partial charge is 0.0801 e. The van der Waals surface area contributed by atoms with Crippen LogP contribution < -0.4 is 10.6 Å². The Balaban J connectivity index is 1.95. The zero-order valence-corrected chi connectivity index (χ0v) is 15.0. The highest BCUT2D eigenvalue weighted by molar-refractivity contribution is 7.86. The lowest BCUT2D eigenvalue weighted by Gasteiger charge is -2.22. The van der Waals surface area contributed by atoms with Crippen LogP contribution in [0.3, 0.4) is 0 Å². The largest absolute Gasteiger partial charge is 0.281 e. The molecule has 0 N–H and O–H groups in total. The summed E-state index contributed by atoms with van der Waals surface area (Å²) in [6.45, 7) is 4.34. The normalized spacial score (nSPS) is 12.0. The third-order valence-corrected chi connectivity index (χ3v) is 6.10. The maximum Gasteiger partial charge on any atom is 0.0801 e. The van der Waals surface area contributed by atoms with Gasteiger partial charge in [-0.15, -0.1) is 0 Å². The summed E-state index contributed by atoms with van der Waals surface area (Å²) in [6.07, 6.45) is 0. The van der Waals surface area contributed by atoms with Crippen LogP contribution in [0.15, 0.2) is 96.0 Å². The number of hydrogen-bond donors (Lipinski definition) is 0. The second kappa shape index (κ2) is 7.55. The van der Waals surface area contributed by atoms with Crippen LogP contribution in [0.25, 0.3) is 0 Å². The van der Waals surface area contributed by atoms with Gasteiger partial charge in [0.05, 0.1) is 5.54 Å². The molecule has 0 spiro atoms. The quantitative estimate of drug-likeness (QED) is 0.456. The fraction of sp³-hybridized carbons (Fsp3) is 0.136. The van der Waals surface area contributed by atoms with Crippen molar-refractivity contribution in [2.45, 2.75) is 19.4 Å². The van der Waals surface area contributed by atoms with E-state index in [1.165, 1.54) is 16.2 Å². The first kappa shape index (κ1) is 16.6. The standard InChI is InChI=1S/C22H22NP/c1-22(2,19-12-6-3-7-13-19)23-18-24(20-14-8-4-9-15-20)21-16-10-5-11-17-21/h3-18H,1-2H3. The van der Waals surface area contributed by atoms with E-state index in [9.17, 15) is 0 Å². The molecule has 24 heavy (non-hydrogen) atoms. The summed E-state index contributed by atoms with van der Waals surface area (Å²) in [5.41, 5.74) is 1.00. The minimum atomic E-state index is -0.597. The molecule has 0 aliphatic carbocycles. The van der Waals surface area contributed by atoms with Gasteiger partial charge < -0.3 is 0 Å². The van der Waals surface area contributed by atoms with Crippen LogP contribution >= 0.6 is 7.92 Å². The average molecular weight is 331 g/mol. The number of benzene rings is 3. The molecule has 120 valence electrons. The zero-order chi connectivity index (χ0) is 16.8. The van der Waals surface area contributed by atoms with Gasteiger partial charge in [-0.05, 0) is 37.9 Å². The topological polar surface area (TPSA) is 12.4 Å². The Labute approximate surface area is 145 Å². The second-order valence-corrected chi connectivity index (χ2v) is 8.21.